The van der Waals surface area contributed by atoms with Gasteiger partial charge in [0.25, 0.3) is 0 Å². The summed E-state index contributed by atoms with van der Waals surface area (Å²) in [6.07, 6.45) is 5.70. The molecule has 1 atom stereocenters. The number of hydrogen-bond donors (Lipinski definition) is 2. The van der Waals surface area contributed by atoms with Crippen molar-refractivity contribution in [3.05, 3.63) is 0 Å². The summed E-state index contributed by atoms with van der Waals surface area (Å²) in [7, 11) is 0. The lowest BCUT2D eigenvalue weighted by Crippen LogP contribution is -2.54. The molecule has 1 fully saturated rings. The molecule has 0 spiro atoms. The van der Waals surface area contributed by atoms with Crippen LogP contribution in [-0.4, -0.2) is 31.2 Å². The highest BCUT2D eigenvalue weighted by Crippen LogP contribution is 2.38. The van der Waals surface area contributed by atoms with Gasteiger partial charge in [-0.05, 0) is 32.1 Å². The van der Waals surface area contributed by atoms with E-state index in [2.05, 4.69) is 12.2 Å². The van der Waals surface area contributed by atoms with Crippen LogP contribution in [0.15, 0.2) is 0 Å². The number of carbonyl (C=O) groups is 1. The van der Waals surface area contributed by atoms with Crippen molar-refractivity contribution in [2.45, 2.75) is 51.5 Å². The first-order valence-electron chi connectivity index (χ1n) is 6.71. The zero-order valence-electron chi connectivity index (χ0n) is 11.1. The van der Waals surface area contributed by atoms with Crippen molar-refractivity contribution in [3.63, 3.8) is 0 Å². The van der Waals surface area contributed by atoms with E-state index in [1.54, 1.807) is 0 Å². The Labute approximate surface area is 104 Å². The molecule has 100 valence electrons. The number of hydrogen-bond acceptors (Lipinski definition) is 3. The van der Waals surface area contributed by atoms with E-state index in [0.717, 1.165) is 12.8 Å². The van der Waals surface area contributed by atoms with Crippen LogP contribution in [0.5, 0.6) is 0 Å². The Bertz CT molecular complexity index is 242. The standard InChI is InChI=1S/C13H26N2O2/c1-3-4-5-8-17-9-12(16)15-13(2,10-14)11-6-7-11/h11H,3-10,14H2,1-2H3,(H,15,16). The summed E-state index contributed by atoms with van der Waals surface area (Å²) >= 11 is 0. The summed E-state index contributed by atoms with van der Waals surface area (Å²) in [6, 6.07) is 0. The summed E-state index contributed by atoms with van der Waals surface area (Å²) in [5.74, 6) is 0.512. The van der Waals surface area contributed by atoms with Gasteiger partial charge in [0.1, 0.15) is 6.61 Å². The molecule has 0 heterocycles. The lowest BCUT2D eigenvalue weighted by Gasteiger charge is -2.29. The Balaban J connectivity index is 2.15. The van der Waals surface area contributed by atoms with Crippen molar-refractivity contribution in [2.24, 2.45) is 11.7 Å². The number of unbranched alkanes of at least 4 members (excludes halogenated alkanes) is 2. The second-order valence-electron chi connectivity index (χ2n) is 5.20. The minimum atomic E-state index is -0.232. The van der Waals surface area contributed by atoms with Gasteiger partial charge in [0.05, 0.1) is 5.54 Å². The maximum Gasteiger partial charge on any atom is 0.246 e. The number of nitrogens with one attached hydrogen (secondary N) is 1. The normalized spacial score (nSPS) is 18.8. The second-order valence-corrected chi connectivity index (χ2v) is 5.20. The molecule has 0 aliphatic heterocycles. The fraction of sp³-hybridized carbons (Fsp3) is 0.923. The van der Waals surface area contributed by atoms with Gasteiger partial charge in [-0.25, -0.2) is 0 Å². The predicted octanol–water partition coefficient (Wildman–Crippen LogP) is 1.44. The van der Waals surface area contributed by atoms with E-state index in [-0.39, 0.29) is 18.1 Å². The molecule has 0 aromatic heterocycles. The Hall–Kier alpha value is -0.610. The lowest BCUT2D eigenvalue weighted by molar-refractivity contribution is -0.127. The van der Waals surface area contributed by atoms with Crippen molar-refractivity contribution in [1.29, 1.82) is 0 Å². The van der Waals surface area contributed by atoms with Crippen LogP contribution in [0, 0.1) is 5.92 Å². The molecular formula is C13H26N2O2. The molecule has 1 unspecified atom stereocenters. The van der Waals surface area contributed by atoms with Gasteiger partial charge in [0.15, 0.2) is 0 Å². The predicted molar refractivity (Wildman–Crippen MR) is 68.7 cm³/mol. The van der Waals surface area contributed by atoms with Crippen molar-refractivity contribution >= 4 is 5.91 Å². The number of nitrogens with two attached hydrogens (primary N) is 1. The third kappa shape index (κ3) is 5.04. The molecule has 0 aromatic carbocycles. The lowest BCUT2D eigenvalue weighted by atomic mass is 9.96. The number of carbonyl (C=O) groups excluding carboxylic acids is 1. The van der Waals surface area contributed by atoms with Crippen LogP contribution in [0.3, 0.4) is 0 Å². The highest BCUT2D eigenvalue weighted by molar-refractivity contribution is 5.78. The average molecular weight is 242 g/mol. The van der Waals surface area contributed by atoms with Crippen LogP contribution in [0.1, 0.15) is 46.0 Å². The van der Waals surface area contributed by atoms with E-state index in [1.165, 1.54) is 19.3 Å². The highest BCUT2D eigenvalue weighted by Gasteiger charge is 2.41. The largest absolute Gasteiger partial charge is 0.372 e. The van der Waals surface area contributed by atoms with E-state index < -0.39 is 0 Å². The van der Waals surface area contributed by atoms with Gasteiger partial charge in [-0.15, -0.1) is 0 Å². The minimum absolute atomic E-state index is 0.0404. The molecule has 1 amide bonds. The van der Waals surface area contributed by atoms with Gasteiger partial charge in [-0.2, -0.15) is 0 Å². The molecule has 0 saturated heterocycles. The van der Waals surface area contributed by atoms with Crippen molar-refractivity contribution in [2.75, 3.05) is 19.8 Å². The molecular weight excluding hydrogens is 216 g/mol. The maximum atomic E-state index is 11.7. The first-order valence-corrected chi connectivity index (χ1v) is 6.71. The van der Waals surface area contributed by atoms with Gasteiger partial charge in [0, 0.05) is 13.2 Å². The molecule has 0 bridgehead atoms. The Morgan fingerprint density at radius 2 is 2.18 bits per heavy atom. The van der Waals surface area contributed by atoms with Crippen LogP contribution in [0.2, 0.25) is 0 Å². The molecule has 3 N–H and O–H groups in total. The fourth-order valence-electron chi connectivity index (χ4n) is 2.01. The van der Waals surface area contributed by atoms with Gasteiger partial charge in [0.2, 0.25) is 5.91 Å². The van der Waals surface area contributed by atoms with Gasteiger partial charge in [-0.3, -0.25) is 4.79 Å². The number of ether oxygens (including phenoxy) is 1. The van der Waals surface area contributed by atoms with Crippen molar-refractivity contribution in [1.82, 2.24) is 5.32 Å². The topological polar surface area (TPSA) is 64.3 Å². The Kier molecular flexibility index (Phi) is 5.92. The smallest absolute Gasteiger partial charge is 0.246 e. The molecule has 4 nitrogen and oxygen atoms in total. The molecule has 1 saturated carbocycles. The SMILES string of the molecule is CCCCCOCC(=O)NC(C)(CN)C1CC1. The van der Waals surface area contributed by atoms with Crippen LogP contribution in [0.25, 0.3) is 0 Å². The van der Waals surface area contributed by atoms with E-state index >= 15 is 0 Å². The summed E-state index contributed by atoms with van der Waals surface area (Å²) in [5, 5.41) is 3.01. The zero-order chi connectivity index (χ0) is 12.7. The minimum Gasteiger partial charge on any atom is -0.372 e. The Morgan fingerprint density at radius 3 is 2.71 bits per heavy atom. The molecule has 1 aliphatic carbocycles. The fourth-order valence-corrected chi connectivity index (χ4v) is 2.01. The first kappa shape index (κ1) is 14.5. The maximum absolute atomic E-state index is 11.7. The third-order valence-electron chi connectivity index (χ3n) is 3.45. The van der Waals surface area contributed by atoms with E-state index in [1.807, 2.05) is 6.92 Å². The van der Waals surface area contributed by atoms with Crippen LogP contribution in [0.4, 0.5) is 0 Å². The van der Waals surface area contributed by atoms with Gasteiger partial charge >= 0.3 is 0 Å². The molecule has 1 aliphatic rings. The van der Waals surface area contributed by atoms with Crippen LogP contribution >= 0.6 is 0 Å². The average Bonchev–Trinajstić information content (AvgIpc) is 3.12. The number of rotatable bonds is 9. The molecule has 0 aromatic rings. The Morgan fingerprint density at radius 1 is 1.47 bits per heavy atom. The summed E-state index contributed by atoms with van der Waals surface area (Å²) in [6.45, 7) is 5.50. The van der Waals surface area contributed by atoms with Gasteiger partial charge in [-0.1, -0.05) is 19.8 Å². The summed E-state index contributed by atoms with van der Waals surface area (Å²) < 4.78 is 5.34. The van der Waals surface area contributed by atoms with E-state index in [0.29, 0.717) is 19.1 Å². The third-order valence-corrected chi connectivity index (χ3v) is 3.45. The second kappa shape index (κ2) is 6.97. The molecule has 4 heteroatoms. The number of amides is 1. The molecule has 0 radical (unpaired) electrons. The molecule has 17 heavy (non-hydrogen) atoms. The van der Waals surface area contributed by atoms with E-state index in [4.69, 9.17) is 10.5 Å². The summed E-state index contributed by atoms with van der Waals surface area (Å²) in [4.78, 5) is 11.7. The van der Waals surface area contributed by atoms with Crippen molar-refractivity contribution < 1.29 is 9.53 Å². The van der Waals surface area contributed by atoms with Crippen LogP contribution < -0.4 is 11.1 Å². The molecule has 1 rings (SSSR count). The quantitative estimate of drug-likeness (QED) is 0.601. The van der Waals surface area contributed by atoms with Crippen molar-refractivity contribution in [3.8, 4) is 0 Å². The first-order chi connectivity index (χ1) is 8.12. The monoisotopic (exact) mass is 242 g/mol. The van der Waals surface area contributed by atoms with Gasteiger partial charge < -0.3 is 15.8 Å². The van der Waals surface area contributed by atoms with E-state index in [9.17, 15) is 4.79 Å². The summed E-state index contributed by atoms with van der Waals surface area (Å²) in [5.41, 5.74) is 5.50. The highest BCUT2D eigenvalue weighted by atomic mass is 16.5. The zero-order valence-corrected chi connectivity index (χ0v) is 11.1. The van der Waals surface area contributed by atoms with Crippen LogP contribution in [-0.2, 0) is 9.53 Å².